The van der Waals surface area contributed by atoms with E-state index in [1.807, 2.05) is 0 Å². The van der Waals surface area contributed by atoms with Crippen LogP contribution in [0, 0.1) is 21.4 Å². The van der Waals surface area contributed by atoms with Crippen molar-refractivity contribution < 1.29 is 14.1 Å². The molecule has 4 aromatic rings. The lowest BCUT2D eigenvalue weighted by atomic mass is 10.1. The summed E-state index contributed by atoms with van der Waals surface area (Å²) in [5.41, 5.74) is 0.922. The first-order chi connectivity index (χ1) is 13.5. The molecule has 2 aromatic heterocycles. The van der Waals surface area contributed by atoms with Gasteiger partial charge in [0, 0.05) is 22.7 Å². The fourth-order valence-electron chi connectivity index (χ4n) is 3.02. The Morgan fingerprint density at radius 2 is 1.96 bits per heavy atom. The van der Waals surface area contributed by atoms with E-state index in [1.165, 1.54) is 41.1 Å². The highest BCUT2D eigenvalue weighted by Crippen LogP contribution is 2.33. The van der Waals surface area contributed by atoms with Crippen molar-refractivity contribution in [3.8, 4) is 17.4 Å². The van der Waals surface area contributed by atoms with Crippen LogP contribution < -0.4 is 0 Å². The average Bonchev–Trinajstić information content (AvgIpc) is 3.32. The highest BCUT2D eigenvalue weighted by atomic mass is 35.5. The van der Waals surface area contributed by atoms with E-state index in [-0.39, 0.29) is 27.8 Å². The van der Waals surface area contributed by atoms with Crippen molar-refractivity contribution in [2.45, 2.75) is 0 Å². The minimum absolute atomic E-state index is 0.00973. The van der Waals surface area contributed by atoms with Crippen molar-refractivity contribution in [1.82, 2.24) is 4.57 Å². The van der Waals surface area contributed by atoms with Crippen LogP contribution in [0.1, 0.15) is 16.1 Å². The number of nitro groups is 1. The van der Waals surface area contributed by atoms with E-state index in [4.69, 9.17) is 16.0 Å². The number of benzene rings is 2. The third-order valence-electron chi connectivity index (χ3n) is 4.29. The Morgan fingerprint density at radius 1 is 1.18 bits per heavy atom. The lowest BCUT2D eigenvalue weighted by Gasteiger charge is -2.02. The van der Waals surface area contributed by atoms with Crippen molar-refractivity contribution in [2.24, 2.45) is 0 Å². The molecule has 0 saturated heterocycles. The molecule has 4 rings (SSSR count). The molecule has 0 atom stereocenters. The highest BCUT2D eigenvalue weighted by molar-refractivity contribution is 6.30. The molecule has 136 valence electrons. The number of hydrogen-bond acceptors (Lipinski definition) is 5. The average molecular weight is 392 g/mol. The number of para-hydroxylation sites is 1. The molecule has 8 heteroatoms. The first-order valence-corrected chi connectivity index (χ1v) is 8.46. The maximum absolute atomic E-state index is 12.9. The Hall–Kier alpha value is -3.89. The van der Waals surface area contributed by atoms with Crippen molar-refractivity contribution in [3.63, 3.8) is 0 Å². The summed E-state index contributed by atoms with van der Waals surface area (Å²) in [6.07, 6.45) is 1.44. The highest BCUT2D eigenvalue weighted by Gasteiger charge is 2.22. The second-order valence-corrected chi connectivity index (χ2v) is 6.37. The molecule has 7 nitrogen and oxygen atoms in total. The maximum Gasteiger partial charge on any atom is 0.298 e. The first-order valence-electron chi connectivity index (χ1n) is 8.08. The quantitative estimate of drug-likeness (QED) is 0.360. The summed E-state index contributed by atoms with van der Waals surface area (Å²) in [6, 6.07) is 16.2. The zero-order valence-electron chi connectivity index (χ0n) is 14.1. The number of fused-ring (bicyclic) bond motifs is 1. The SMILES string of the molecule is N#Cc1cn(C(=O)c2ccc(-c3ccc(Cl)cc3[N+](=O)[O-])o2)c2ccccc12. The largest absolute Gasteiger partial charge is 0.451 e. The number of nitro benzene ring substituents is 1. The predicted molar refractivity (Wildman–Crippen MR) is 102 cm³/mol. The van der Waals surface area contributed by atoms with E-state index < -0.39 is 10.8 Å². The number of aromatic nitrogens is 1. The van der Waals surface area contributed by atoms with Gasteiger partial charge in [0.1, 0.15) is 11.8 Å². The fourth-order valence-corrected chi connectivity index (χ4v) is 3.18. The topological polar surface area (TPSA) is 102 Å². The molecule has 0 bridgehead atoms. The third-order valence-corrected chi connectivity index (χ3v) is 4.53. The van der Waals surface area contributed by atoms with Crippen molar-refractivity contribution in [3.05, 3.63) is 87.3 Å². The van der Waals surface area contributed by atoms with E-state index in [0.29, 0.717) is 16.5 Å². The molecule has 0 N–H and O–H groups in total. The second-order valence-electron chi connectivity index (χ2n) is 5.93. The van der Waals surface area contributed by atoms with Crippen LogP contribution in [0.3, 0.4) is 0 Å². The van der Waals surface area contributed by atoms with Gasteiger partial charge in [-0.3, -0.25) is 19.5 Å². The number of rotatable bonds is 3. The predicted octanol–water partition coefficient (Wildman–Crippen LogP) is 5.02. The van der Waals surface area contributed by atoms with E-state index in [0.717, 1.165) is 0 Å². The van der Waals surface area contributed by atoms with Gasteiger partial charge in [-0.1, -0.05) is 29.8 Å². The van der Waals surface area contributed by atoms with Gasteiger partial charge in [-0.2, -0.15) is 5.26 Å². The Bertz CT molecular complexity index is 1300. The van der Waals surface area contributed by atoms with Crippen LogP contribution in [0.5, 0.6) is 0 Å². The van der Waals surface area contributed by atoms with Crippen molar-refractivity contribution in [1.29, 1.82) is 5.26 Å². The molecular weight excluding hydrogens is 382 g/mol. The van der Waals surface area contributed by atoms with Crippen LogP contribution in [0.15, 0.2) is 65.2 Å². The number of furan rings is 1. The van der Waals surface area contributed by atoms with Gasteiger partial charge in [-0.25, -0.2) is 0 Å². The molecule has 0 amide bonds. The molecule has 2 aromatic carbocycles. The first kappa shape index (κ1) is 17.5. The van der Waals surface area contributed by atoms with Crippen LogP contribution in [0.2, 0.25) is 5.02 Å². The van der Waals surface area contributed by atoms with E-state index in [9.17, 15) is 20.2 Å². The molecule has 0 spiro atoms. The van der Waals surface area contributed by atoms with Crippen molar-refractivity contribution >= 4 is 34.1 Å². The standard InChI is InChI=1S/C20H10ClN3O4/c21-13-5-6-15(17(9-13)24(26)27)18-7-8-19(28-18)20(25)23-11-12(10-22)14-3-1-2-4-16(14)23/h1-9,11H. The molecule has 0 fully saturated rings. The molecule has 0 aliphatic heterocycles. The summed E-state index contributed by atoms with van der Waals surface area (Å²) in [4.78, 5) is 23.6. The van der Waals surface area contributed by atoms with Gasteiger partial charge in [0.05, 0.1) is 21.6 Å². The van der Waals surface area contributed by atoms with E-state index in [2.05, 4.69) is 6.07 Å². The molecular formula is C20H10ClN3O4. The van der Waals surface area contributed by atoms with Crippen LogP contribution in [0.4, 0.5) is 5.69 Å². The normalized spacial score (nSPS) is 10.7. The summed E-state index contributed by atoms with van der Waals surface area (Å²) in [5.74, 6) is -0.325. The number of carbonyl (C=O) groups is 1. The van der Waals surface area contributed by atoms with Gasteiger partial charge in [0.15, 0.2) is 5.76 Å². The number of carbonyl (C=O) groups excluding carboxylic acids is 1. The van der Waals surface area contributed by atoms with Gasteiger partial charge < -0.3 is 4.42 Å². The Morgan fingerprint density at radius 3 is 2.71 bits per heavy atom. The van der Waals surface area contributed by atoms with Crippen LogP contribution in [0.25, 0.3) is 22.2 Å². The Labute approximate surface area is 163 Å². The molecule has 0 unspecified atom stereocenters. The Balaban J connectivity index is 1.78. The zero-order valence-corrected chi connectivity index (χ0v) is 14.9. The third kappa shape index (κ3) is 2.82. The van der Waals surface area contributed by atoms with Crippen molar-refractivity contribution in [2.75, 3.05) is 0 Å². The van der Waals surface area contributed by atoms with Gasteiger partial charge in [-0.05, 0) is 30.3 Å². The minimum Gasteiger partial charge on any atom is -0.451 e. The molecule has 0 aliphatic carbocycles. The van der Waals surface area contributed by atoms with Crippen LogP contribution in [-0.2, 0) is 0 Å². The summed E-state index contributed by atoms with van der Waals surface area (Å²) >= 11 is 5.84. The van der Waals surface area contributed by atoms with Gasteiger partial charge in [0.2, 0.25) is 0 Å². The number of nitrogens with zero attached hydrogens (tertiary/aromatic N) is 3. The molecule has 0 aliphatic rings. The lowest BCUT2D eigenvalue weighted by Crippen LogP contribution is -2.09. The monoisotopic (exact) mass is 391 g/mol. The zero-order chi connectivity index (χ0) is 19.8. The minimum atomic E-state index is -0.566. The van der Waals surface area contributed by atoms with Gasteiger partial charge in [-0.15, -0.1) is 0 Å². The molecule has 0 radical (unpaired) electrons. The van der Waals surface area contributed by atoms with E-state index >= 15 is 0 Å². The summed E-state index contributed by atoms with van der Waals surface area (Å²) in [6.45, 7) is 0. The lowest BCUT2D eigenvalue weighted by molar-refractivity contribution is -0.384. The van der Waals surface area contributed by atoms with Crippen LogP contribution >= 0.6 is 11.6 Å². The molecule has 28 heavy (non-hydrogen) atoms. The second kappa shape index (κ2) is 6.68. The molecule has 2 heterocycles. The van der Waals surface area contributed by atoms with Crippen LogP contribution in [-0.4, -0.2) is 15.4 Å². The summed E-state index contributed by atoms with van der Waals surface area (Å²) in [7, 11) is 0. The maximum atomic E-state index is 12.9. The number of halogens is 1. The number of nitriles is 1. The fraction of sp³-hybridized carbons (Fsp3) is 0. The van der Waals surface area contributed by atoms with Gasteiger partial charge >= 0.3 is 0 Å². The summed E-state index contributed by atoms with van der Waals surface area (Å²) in [5, 5.41) is 21.5. The smallest absolute Gasteiger partial charge is 0.298 e. The number of hydrogen-bond donors (Lipinski definition) is 0. The Kier molecular flexibility index (Phi) is 4.18. The summed E-state index contributed by atoms with van der Waals surface area (Å²) < 4.78 is 6.93. The van der Waals surface area contributed by atoms with E-state index in [1.54, 1.807) is 24.3 Å². The molecule has 0 saturated carbocycles. The van der Waals surface area contributed by atoms with Gasteiger partial charge in [0.25, 0.3) is 11.6 Å².